The molecule has 0 bridgehead atoms. The summed E-state index contributed by atoms with van der Waals surface area (Å²) >= 11 is 0. The molecule has 0 fully saturated rings. The number of allylic oxidation sites excluding steroid dienone is 1. The fourth-order valence-electron chi connectivity index (χ4n) is 1.48. The van der Waals surface area contributed by atoms with Gasteiger partial charge in [0.15, 0.2) is 0 Å². The van der Waals surface area contributed by atoms with Crippen LogP contribution < -0.4 is 0 Å². The summed E-state index contributed by atoms with van der Waals surface area (Å²) in [6.07, 6.45) is 4.39. The Balaban J connectivity index is 0.000000845. The van der Waals surface area contributed by atoms with Crippen LogP contribution in [0.3, 0.4) is 0 Å². The van der Waals surface area contributed by atoms with E-state index in [2.05, 4.69) is 36.4 Å². The van der Waals surface area contributed by atoms with Crippen molar-refractivity contribution in [1.82, 2.24) is 0 Å². The Morgan fingerprint density at radius 2 is 2.08 bits per heavy atom. The van der Waals surface area contributed by atoms with Crippen LogP contribution in [-0.2, 0) is 4.43 Å². The van der Waals surface area contributed by atoms with Gasteiger partial charge in [-0.2, -0.15) is 0 Å². The van der Waals surface area contributed by atoms with Crippen molar-refractivity contribution in [3.05, 3.63) is 41.5 Å². The van der Waals surface area contributed by atoms with Crippen LogP contribution in [0.5, 0.6) is 0 Å². The van der Waals surface area contributed by atoms with E-state index in [1.807, 2.05) is 0 Å². The third-order valence-corrected chi connectivity index (χ3v) is 3.04. The summed E-state index contributed by atoms with van der Waals surface area (Å²) in [7, 11) is 2.31. The third-order valence-electron chi connectivity index (χ3n) is 2.04. The minimum absolute atomic E-state index is 0. The van der Waals surface area contributed by atoms with Gasteiger partial charge in [0.05, 0.1) is 0 Å². The topological polar surface area (TPSA) is 9.23 Å². The summed E-state index contributed by atoms with van der Waals surface area (Å²) in [4.78, 5) is 0. The van der Waals surface area contributed by atoms with Gasteiger partial charge in [-0.3, -0.25) is 0 Å². The maximum Gasteiger partial charge on any atom is 0.241 e. The van der Waals surface area contributed by atoms with Crippen molar-refractivity contribution >= 4 is 34.7 Å². The maximum atomic E-state index is 5.16. The van der Waals surface area contributed by atoms with Crippen molar-refractivity contribution in [2.24, 2.45) is 0 Å². The standard InChI is InChI=1S/C10H10OSi.Li/c1-11-12-10-7-6-8-4-2-3-5-9(8)10;/h2-7,10H,1H3;. The molecule has 61 valence electrons. The molecule has 1 nitrogen and oxygen atoms in total. The monoisotopic (exact) mass is 181 g/mol. The quantitative estimate of drug-likeness (QED) is 0.630. The Bertz CT molecular complexity index is 312. The Kier molecular flexibility index (Phi) is 4.02. The molecule has 3 heteroatoms. The molecule has 13 heavy (non-hydrogen) atoms. The van der Waals surface area contributed by atoms with E-state index in [1.165, 1.54) is 11.1 Å². The summed E-state index contributed by atoms with van der Waals surface area (Å²) in [5, 5.41) is 0. The minimum Gasteiger partial charge on any atom is -0.420 e. The van der Waals surface area contributed by atoms with Crippen molar-refractivity contribution < 1.29 is 4.43 Å². The van der Waals surface area contributed by atoms with Gasteiger partial charge in [0.25, 0.3) is 0 Å². The zero-order valence-electron chi connectivity index (χ0n) is 7.95. The summed E-state index contributed by atoms with van der Waals surface area (Å²) in [6, 6.07) is 8.47. The molecule has 1 aromatic rings. The second kappa shape index (κ2) is 4.83. The second-order valence-corrected chi connectivity index (χ2v) is 4.05. The van der Waals surface area contributed by atoms with Crippen LogP contribution in [0.25, 0.3) is 6.08 Å². The first-order valence-electron chi connectivity index (χ1n) is 3.97. The second-order valence-electron chi connectivity index (χ2n) is 2.79. The van der Waals surface area contributed by atoms with Crippen LogP contribution in [0, 0.1) is 0 Å². The fraction of sp³-hybridized carbons (Fsp3) is 0.200. The van der Waals surface area contributed by atoms with Gasteiger partial charge in [0.1, 0.15) is 0 Å². The normalized spacial score (nSPS) is 18.1. The van der Waals surface area contributed by atoms with Gasteiger partial charge in [-0.1, -0.05) is 36.4 Å². The number of hydrogen-bond acceptors (Lipinski definition) is 1. The van der Waals surface area contributed by atoms with Gasteiger partial charge >= 0.3 is 0 Å². The molecular formula is C10H10LiOSi. The Morgan fingerprint density at radius 1 is 1.31 bits per heavy atom. The number of benzene rings is 1. The summed E-state index contributed by atoms with van der Waals surface area (Å²) in [6.45, 7) is 0. The van der Waals surface area contributed by atoms with Crippen LogP contribution >= 0.6 is 0 Å². The van der Waals surface area contributed by atoms with E-state index < -0.39 is 0 Å². The van der Waals surface area contributed by atoms with Crippen molar-refractivity contribution in [2.45, 2.75) is 5.54 Å². The Hall–Kier alpha value is -0.266. The molecule has 1 aliphatic carbocycles. The fourth-order valence-corrected chi connectivity index (χ4v) is 2.30. The molecule has 2 rings (SSSR count). The van der Waals surface area contributed by atoms with Gasteiger partial charge in [-0.15, -0.1) is 0 Å². The van der Waals surface area contributed by atoms with Gasteiger partial charge in [-0.05, 0) is 11.1 Å². The molecule has 1 aliphatic rings. The largest absolute Gasteiger partial charge is 0.420 e. The summed E-state index contributed by atoms with van der Waals surface area (Å²) < 4.78 is 5.16. The predicted molar refractivity (Wildman–Crippen MR) is 56.7 cm³/mol. The minimum atomic E-state index is 0. The molecule has 0 N–H and O–H groups in total. The number of hydrogen-bond donors (Lipinski definition) is 0. The first-order chi connectivity index (χ1) is 5.92. The molecular weight excluding hydrogens is 171 g/mol. The average molecular weight is 181 g/mol. The predicted octanol–water partition coefficient (Wildman–Crippen LogP) is 1.64. The van der Waals surface area contributed by atoms with Gasteiger partial charge < -0.3 is 4.43 Å². The van der Waals surface area contributed by atoms with E-state index in [0.717, 1.165) is 0 Å². The molecule has 1 aromatic carbocycles. The van der Waals surface area contributed by atoms with Crippen LogP contribution in [0.2, 0.25) is 0 Å². The zero-order chi connectivity index (χ0) is 8.39. The average Bonchev–Trinajstić information content (AvgIpc) is 2.50. The molecule has 1 atom stereocenters. The molecule has 0 saturated carbocycles. The van der Waals surface area contributed by atoms with Crippen molar-refractivity contribution in [3.8, 4) is 0 Å². The van der Waals surface area contributed by atoms with Crippen LogP contribution in [0.15, 0.2) is 30.3 Å². The first kappa shape index (κ1) is 10.8. The molecule has 0 aromatic heterocycles. The maximum absolute atomic E-state index is 5.16. The van der Waals surface area contributed by atoms with Crippen molar-refractivity contribution in [3.63, 3.8) is 0 Å². The smallest absolute Gasteiger partial charge is 0.241 e. The molecule has 0 aliphatic heterocycles. The van der Waals surface area contributed by atoms with E-state index in [4.69, 9.17) is 4.43 Å². The van der Waals surface area contributed by atoms with E-state index in [-0.39, 0.29) is 18.9 Å². The number of rotatable bonds is 2. The molecule has 1 unspecified atom stereocenters. The van der Waals surface area contributed by atoms with Crippen molar-refractivity contribution in [2.75, 3.05) is 7.11 Å². The molecule has 0 heterocycles. The number of fused-ring (bicyclic) bond motifs is 1. The summed E-state index contributed by atoms with van der Waals surface area (Å²) in [5.74, 6) is 0. The van der Waals surface area contributed by atoms with Gasteiger partial charge in [-0.25, -0.2) is 0 Å². The molecule has 3 radical (unpaired) electrons. The van der Waals surface area contributed by atoms with Gasteiger partial charge in [0, 0.05) is 31.5 Å². The first-order valence-corrected chi connectivity index (χ1v) is 4.96. The third kappa shape index (κ3) is 2.15. The van der Waals surface area contributed by atoms with Crippen LogP contribution in [0.1, 0.15) is 16.7 Å². The van der Waals surface area contributed by atoms with Crippen LogP contribution in [0.4, 0.5) is 0 Å². The summed E-state index contributed by atoms with van der Waals surface area (Å²) in [5.41, 5.74) is 3.23. The Morgan fingerprint density at radius 3 is 2.85 bits per heavy atom. The molecule has 0 amide bonds. The van der Waals surface area contributed by atoms with Gasteiger partial charge in [0.2, 0.25) is 9.76 Å². The van der Waals surface area contributed by atoms with Crippen molar-refractivity contribution in [1.29, 1.82) is 0 Å². The Labute approximate surface area is 93.3 Å². The molecule has 0 spiro atoms. The SMILES string of the molecule is CO[Si]C1C=Cc2ccccc21.[Li]. The van der Waals surface area contributed by atoms with Crippen LogP contribution in [-0.4, -0.2) is 35.7 Å². The van der Waals surface area contributed by atoms with E-state index in [0.29, 0.717) is 15.3 Å². The van der Waals surface area contributed by atoms with E-state index in [9.17, 15) is 0 Å². The zero-order valence-corrected chi connectivity index (χ0v) is 8.95. The van der Waals surface area contributed by atoms with E-state index >= 15 is 0 Å². The molecule has 0 saturated heterocycles. The van der Waals surface area contributed by atoms with E-state index in [1.54, 1.807) is 7.11 Å².